The maximum Gasteiger partial charge on any atom is 0.297 e. The quantitative estimate of drug-likeness (QED) is 0.351. The number of hydrogen-bond acceptors (Lipinski definition) is 5. The number of carbonyl (C=O) groups is 1. The van der Waals surface area contributed by atoms with Crippen LogP contribution in [0, 0.1) is 6.92 Å². The Labute approximate surface area is 194 Å². The lowest BCUT2D eigenvalue weighted by Crippen LogP contribution is -2.29. The van der Waals surface area contributed by atoms with Crippen LogP contribution in [-0.2, 0) is 5.41 Å². The van der Waals surface area contributed by atoms with E-state index < -0.39 is 6.04 Å². The SMILES string of the molecule is Cc1csc(N2C(=O)c3oc4ccc(Cl)cc4c(=O)c3[C@H]2c2ccc(C(C)(C)C)cc2)n1. The molecule has 0 unspecified atom stereocenters. The number of halogens is 1. The largest absolute Gasteiger partial charge is 0.450 e. The van der Waals surface area contributed by atoms with E-state index in [-0.39, 0.29) is 22.5 Å². The number of benzene rings is 2. The zero-order chi connectivity index (χ0) is 22.8. The average Bonchev–Trinajstić information content (AvgIpc) is 3.29. The molecule has 3 heterocycles. The van der Waals surface area contributed by atoms with Gasteiger partial charge in [0.2, 0.25) is 5.76 Å². The van der Waals surface area contributed by atoms with Gasteiger partial charge >= 0.3 is 0 Å². The highest BCUT2D eigenvalue weighted by atomic mass is 35.5. The smallest absolute Gasteiger partial charge is 0.297 e. The molecule has 0 spiro atoms. The van der Waals surface area contributed by atoms with Gasteiger partial charge in [-0.3, -0.25) is 14.5 Å². The highest BCUT2D eigenvalue weighted by Crippen LogP contribution is 2.42. The summed E-state index contributed by atoms with van der Waals surface area (Å²) < 4.78 is 5.97. The summed E-state index contributed by atoms with van der Waals surface area (Å²) >= 11 is 7.51. The number of amides is 1. The van der Waals surface area contributed by atoms with E-state index in [4.69, 9.17) is 16.0 Å². The summed E-state index contributed by atoms with van der Waals surface area (Å²) in [5, 5.41) is 3.21. The summed E-state index contributed by atoms with van der Waals surface area (Å²) in [6.07, 6.45) is 0. The Bertz CT molecular complexity index is 1430. The molecule has 0 fully saturated rings. The lowest BCUT2D eigenvalue weighted by atomic mass is 9.86. The van der Waals surface area contributed by atoms with Gasteiger partial charge in [0.25, 0.3) is 5.91 Å². The number of aromatic nitrogens is 1. The van der Waals surface area contributed by atoms with Crippen LogP contribution >= 0.6 is 22.9 Å². The van der Waals surface area contributed by atoms with Crippen LogP contribution in [0.4, 0.5) is 5.13 Å². The molecule has 2 aromatic heterocycles. The summed E-state index contributed by atoms with van der Waals surface area (Å²) in [5.41, 5.74) is 3.20. The van der Waals surface area contributed by atoms with E-state index in [2.05, 4.69) is 25.8 Å². The van der Waals surface area contributed by atoms with Crippen molar-refractivity contribution in [3.8, 4) is 0 Å². The van der Waals surface area contributed by atoms with Crippen LogP contribution in [0.25, 0.3) is 11.0 Å². The molecule has 5 rings (SSSR count). The molecule has 1 atom stereocenters. The number of nitrogens with zero attached hydrogens (tertiary/aromatic N) is 2. The Morgan fingerprint density at radius 3 is 2.44 bits per heavy atom. The van der Waals surface area contributed by atoms with Gasteiger partial charge in [-0.05, 0) is 41.7 Å². The zero-order valence-corrected chi connectivity index (χ0v) is 19.7. The standard InChI is InChI=1S/C25H21ClN2O3S/c1-13-12-32-24(27-13)28-20(14-5-7-15(8-6-14)25(2,3)4)19-21(29)17-11-16(26)9-10-18(17)31-22(19)23(28)30/h5-12,20H,1-4H3/t20-/m1/s1. The third-order valence-electron chi connectivity index (χ3n) is 5.74. The van der Waals surface area contributed by atoms with Crippen molar-refractivity contribution in [1.82, 2.24) is 4.98 Å². The van der Waals surface area contributed by atoms with Crippen molar-refractivity contribution in [2.24, 2.45) is 0 Å². The minimum atomic E-state index is -0.628. The lowest BCUT2D eigenvalue weighted by Gasteiger charge is -2.24. The van der Waals surface area contributed by atoms with E-state index >= 15 is 0 Å². The van der Waals surface area contributed by atoms with Gasteiger partial charge in [-0.2, -0.15) is 0 Å². The molecule has 32 heavy (non-hydrogen) atoms. The second kappa shape index (κ2) is 7.29. The number of hydrogen-bond donors (Lipinski definition) is 0. The molecule has 5 nitrogen and oxygen atoms in total. The molecular formula is C25H21ClN2O3S. The Hall–Kier alpha value is -2.96. The molecule has 0 radical (unpaired) electrons. The van der Waals surface area contributed by atoms with Crippen molar-refractivity contribution in [3.63, 3.8) is 0 Å². The van der Waals surface area contributed by atoms with Crippen LogP contribution in [-0.4, -0.2) is 10.9 Å². The zero-order valence-electron chi connectivity index (χ0n) is 18.1. The molecule has 0 N–H and O–H groups in total. The highest BCUT2D eigenvalue weighted by Gasteiger charge is 2.44. The van der Waals surface area contributed by atoms with Crippen LogP contribution in [0.3, 0.4) is 0 Å². The van der Waals surface area contributed by atoms with Gasteiger partial charge in [0, 0.05) is 10.4 Å². The first kappa shape index (κ1) is 20.9. The molecule has 4 aromatic rings. The van der Waals surface area contributed by atoms with E-state index in [1.54, 1.807) is 23.1 Å². The first-order chi connectivity index (χ1) is 15.1. The molecule has 0 aliphatic carbocycles. The number of carbonyl (C=O) groups excluding carboxylic acids is 1. The van der Waals surface area contributed by atoms with Crippen LogP contribution in [0.2, 0.25) is 5.02 Å². The molecular weight excluding hydrogens is 444 g/mol. The fourth-order valence-electron chi connectivity index (χ4n) is 4.08. The molecule has 2 aromatic carbocycles. The van der Waals surface area contributed by atoms with E-state index in [1.807, 2.05) is 36.6 Å². The van der Waals surface area contributed by atoms with Gasteiger partial charge in [-0.15, -0.1) is 11.3 Å². The van der Waals surface area contributed by atoms with Crippen LogP contribution < -0.4 is 10.3 Å². The molecule has 1 aliphatic rings. The predicted octanol–water partition coefficient (Wildman–Crippen LogP) is 6.26. The Morgan fingerprint density at radius 1 is 1.09 bits per heavy atom. The van der Waals surface area contributed by atoms with Crippen LogP contribution in [0.5, 0.6) is 0 Å². The van der Waals surface area contributed by atoms with Gasteiger partial charge in [0.15, 0.2) is 10.6 Å². The van der Waals surface area contributed by atoms with E-state index in [1.165, 1.54) is 16.9 Å². The summed E-state index contributed by atoms with van der Waals surface area (Å²) in [6.45, 7) is 8.31. The predicted molar refractivity (Wildman–Crippen MR) is 128 cm³/mol. The molecule has 0 saturated carbocycles. The first-order valence-corrected chi connectivity index (χ1v) is 11.5. The minimum absolute atomic E-state index is 0.0139. The maximum atomic E-state index is 13.6. The minimum Gasteiger partial charge on any atom is -0.450 e. The lowest BCUT2D eigenvalue weighted by molar-refractivity contribution is 0.0971. The number of rotatable bonds is 2. The fraction of sp³-hybridized carbons (Fsp3) is 0.240. The number of anilines is 1. The van der Waals surface area contributed by atoms with E-state index in [0.29, 0.717) is 26.7 Å². The fourth-order valence-corrected chi connectivity index (χ4v) is 5.07. The monoisotopic (exact) mass is 464 g/mol. The second-order valence-corrected chi connectivity index (χ2v) is 10.3. The topological polar surface area (TPSA) is 63.4 Å². The first-order valence-electron chi connectivity index (χ1n) is 10.3. The third-order valence-corrected chi connectivity index (χ3v) is 6.93. The molecule has 0 bridgehead atoms. The summed E-state index contributed by atoms with van der Waals surface area (Å²) in [6, 6.07) is 12.3. The van der Waals surface area contributed by atoms with Crippen molar-refractivity contribution in [2.75, 3.05) is 4.90 Å². The van der Waals surface area contributed by atoms with Crippen molar-refractivity contribution in [2.45, 2.75) is 39.2 Å². The number of fused-ring (bicyclic) bond motifs is 2. The molecule has 1 aliphatic heterocycles. The Kier molecular flexibility index (Phi) is 4.76. The van der Waals surface area contributed by atoms with Crippen molar-refractivity contribution >= 4 is 44.9 Å². The number of aryl methyl sites for hydroxylation is 1. The summed E-state index contributed by atoms with van der Waals surface area (Å²) in [5.74, 6) is -0.309. The average molecular weight is 465 g/mol. The van der Waals surface area contributed by atoms with E-state index in [0.717, 1.165) is 11.3 Å². The summed E-state index contributed by atoms with van der Waals surface area (Å²) in [7, 11) is 0. The maximum absolute atomic E-state index is 13.6. The highest BCUT2D eigenvalue weighted by molar-refractivity contribution is 7.14. The van der Waals surface area contributed by atoms with Crippen LogP contribution in [0.15, 0.2) is 57.1 Å². The third kappa shape index (κ3) is 3.26. The van der Waals surface area contributed by atoms with Gasteiger partial charge < -0.3 is 4.42 Å². The number of thiazole rings is 1. The molecule has 1 amide bonds. The van der Waals surface area contributed by atoms with Gasteiger partial charge in [-0.25, -0.2) is 4.98 Å². The molecule has 0 saturated heterocycles. The normalized spacial score (nSPS) is 16.1. The molecule has 7 heteroatoms. The van der Waals surface area contributed by atoms with Crippen molar-refractivity contribution in [3.05, 3.63) is 91.2 Å². The second-order valence-electron chi connectivity index (χ2n) is 9.04. The van der Waals surface area contributed by atoms with Crippen LogP contribution in [0.1, 0.15) is 59.8 Å². The Morgan fingerprint density at radius 2 is 1.81 bits per heavy atom. The van der Waals surface area contributed by atoms with Crippen molar-refractivity contribution < 1.29 is 9.21 Å². The van der Waals surface area contributed by atoms with Gasteiger partial charge in [0.05, 0.1) is 22.7 Å². The Balaban J connectivity index is 1.77. The molecule has 162 valence electrons. The summed E-state index contributed by atoms with van der Waals surface area (Å²) in [4.78, 5) is 33.2. The van der Waals surface area contributed by atoms with E-state index in [9.17, 15) is 9.59 Å². The van der Waals surface area contributed by atoms with Gasteiger partial charge in [0.1, 0.15) is 5.58 Å². The van der Waals surface area contributed by atoms with Crippen molar-refractivity contribution in [1.29, 1.82) is 0 Å². The van der Waals surface area contributed by atoms with Gasteiger partial charge in [-0.1, -0.05) is 56.6 Å².